The van der Waals surface area contributed by atoms with Crippen LogP contribution in [-0.4, -0.2) is 33.1 Å². The predicted molar refractivity (Wildman–Crippen MR) is 102 cm³/mol. The number of hydrogen-bond acceptors (Lipinski definition) is 4. The van der Waals surface area contributed by atoms with Gasteiger partial charge in [0.05, 0.1) is 32.3 Å². The number of amides is 1. The van der Waals surface area contributed by atoms with Crippen LogP contribution >= 0.6 is 0 Å². The maximum absolute atomic E-state index is 14.1. The number of carbonyl (C=O) groups is 1. The zero-order valence-electron chi connectivity index (χ0n) is 15.2. The van der Waals surface area contributed by atoms with Gasteiger partial charge in [0, 0.05) is 26.4 Å². The standard InChI is InChI=1S/C19H16F2N2O4S/c1-22(12-8-7-10(20)9-11(12)21)18(25)16-17(24)15-13(23(2)19(16)26)5-4-6-14(15)28(3)27/h4-9,24H,1-3H3. The number of rotatable bonds is 3. The van der Waals surface area contributed by atoms with Gasteiger partial charge >= 0.3 is 0 Å². The molecule has 1 aromatic heterocycles. The highest BCUT2D eigenvalue weighted by atomic mass is 32.2. The topological polar surface area (TPSA) is 79.6 Å². The number of pyridine rings is 1. The minimum atomic E-state index is -1.51. The molecule has 0 radical (unpaired) electrons. The highest BCUT2D eigenvalue weighted by Gasteiger charge is 2.27. The number of aryl methyl sites for hydroxylation is 1. The van der Waals surface area contributed by atoms with Crippen LogP contribution in [0.4, 0.5) is 14.5 Å². The van der Waals surface area contributed by atoms with E-state index in [1.54, 1.807) is 12.1 Å². The second-order valence-corrected chi connectivity index (χ2v) is 7.50. The molecule has 3 aromatic rings. The van der Waals surface area contributed by atoms with E-state index in [9.17, 15) is 27.7 Å². The molecule has 1 amide bonds. The zero-order valence-corrected chi connectivity index (χ0v) is 16.0. The summed E-state index contributed by atoms with van der Waals surface area (Å²) >= 11 is 0. The summed E-state index contributed by atoms with van der Waals surface area (Å²) in [6, 6.07) is 7.27. The lowest BCUT2D eigenvalue weighted by atomic mass is 10.1. The van der Waals surface area contributed by atoms with Gasteiger partial charge in [-0.05, 0) is 24.3 Å². The molecule has 0 bridgehead atoms. The molecular weight excluding hydrogens is 390 g/mol. The van der Waals surface area contributed by atoms with Crippen molar-refractivity contribution in [1.29, 1.82) is 0 Å². The van der Waals surface area contributed by atoms with E-state index in [1.165, 1.54) is 26.4 Å². The number of nitrogens with zero attached hydrogens (tertiary/aromatic N) is 2. The normalized spacial score (nSPS) is 12.2. The molecule has 2 aromatic carbocycles. The Morgan fingerprint density at radius 1 is 1.21 bits per heavy atom. The summed E-state index contributed by atoms with van der Waals surface area (Å²) in [6.45, 7) is 0. The summed E-state index contributed by atoms with van der Waals surface area (Å²) in [5, 5.41) is 10.8. The summed E-state index contributed by atoms with van der Waals surface area (Å²) in [7, 11) is 1.10. The van der Waals surface area contributed by atoms with Gasteiger partial charge in [0.15, 0.2) is 0 Å². The Morgan fingerprint density at radius 2 is 1.89 bits per heavy atom. The van der Waals surface area contributed by atoms with E-state index in [2.05, 4.69) is 0 Å². The third kappa shape index (κ3) is 3.07. The van der Waals surface area contributed by atoms with E-state index in [-0.39, 0.29) is 16.0 Å². The van der Waals surface area contributed by atoms with Crippen LogP contribution in [0.3, 0.4) is 0 Å². The lowest BCUT2D eigenvalue weighted by Crippen LogP contribution is -2.34. The highest BCUT2D eigenvalue weighted by molar-refractivity contribution is 7.84. The molecule has 0 aliphatic rings. The number of benzene rings is 2. The largest absolute Gasteiger partial charge is 0.506 e. The van der Waals surface area contributed by atoms with Gasteiger partial charge < -0.3 is 14.6 Å². The van der Waals surface area contributed by atoms with Crippen LogP contribution in [0, 0.1) is 11.6 Å². The molecule has 0 spiro atoms. The van der Waals surface area contributed by atoms with Gasteiger partial charge in [0.25, 0.3) is 11.5 Å². The number of anilines is 1. The minimum absolute atomic E-state index is 0.0989. The van der Waals surface area contributed by atoms with Crippen LogP contribution in [0.15, 0.2) is 46.1 Å². The number of hydrogen-bond donors (Lipinski definition) is 1. The first-order chi connectivity index (χ1) is 13.1. The Hall–Kier alpha value is -3.07. The number of aromatic nitrogens is 1. The van der Waals surface area contributed by atoms with Crippen molar-refractivity contribution in [2.24, 2.45) is 7.05 Å². The molecule has 146 valence electrons. The lowest BCUT2D eigenvalue weighted by Gasteiger charge is -2.20. The Kier molecular flexibility index (Phi) is 5.03. The van der Waals surface area contributed by atoms with Crippen LogP contribution in [0.25, 0.3) is 10.9 Å². The van der Waals surface area contributed by atoms with Gasteiger partial charge in [0.2, 0.25) is 0 Å². The average molecular weight is 406 g/mol. The van der Waals surface area contributed by atoms with Gasteiger partial charge in [0.1, 0.15) is 22.9 Å². The van der Waals surface area contributed by atoms with Crippen molar-refractivity contribution in [2.75, 3.05) is 18.2 Å². The van der Waals surface area contributed by atoms with Crippen LogP contribution in [0.5, 0.6) is 5.75 Å². The summed E-state index contributed by atoms with van der Waals surface area (Å²) < 4.78 is 40.4. The van der Waals surface area contributed by atoms with E-state index in [1.807, 2.05) is 0 Å². The highest BCUT2D eigenvalue weighted by Crippen LogP contribution is 2.32. The SMILES string of the molecule is CN(C(=O)c1c(O)c2c(S(C)=O)cccc2n(C)c1=O)c1ccc(F)cc1F. The van der Waals surface area contributed by atoms with Crippen LogP contribution < -0.4 is 10.5 Å². The van der Waals surface area contributed by atoms with E-state index >= 15 is 0 Å². The molecule has 1 heterocycles. The Balaban J connectivity index is 2.28. The Labute approximate surface area is 161 Å². The van der Waals surface area contributed by atoms with Crippen LogP contribution in [-0.2, 0) is 17.8 Å². The zero-order chi connectivity index (χ0) is 20.7. The van der Waals surface area contributed by atoms with Crippen molar-refractivity contribution in [1.82, 2.24) is 4.57 Å². The first kappa shape index (κ1) is 19.7. The van der Waals surface area contributed by atoms with E-state index in [0.29, 0.717) is 11.6 Å². The molecule has 28 heavy (non-hydrogen) atoms. The van der Waals surface area contributed by atoms with Gasteiger partial charge in [-0.15, -0.1) is 0 Å². The van der Waals surface area contributed by atoms with Gasteiger partial charge in [-0.3, -0.25) is 13.8 Å². The predicted octanol–water partition coefficient (Wildman–Crippen LogP) is 2.54. The molecule has 0 aliphatic carbocycles. The van der Waals surface area contributed by atoms with Gasteiger partial charge in [-0.25, -0.2) is 8.78 Å². The minimum Gasteiger partial charge on any atom is -0.506 e. The number of carbonyl (C=O) groups excluding carboxylic acids is 1. The van der Waals surface area contributed by atoms with Crippen molar-refractivity contribution in [2.45, 2.75) is 4.90 Å². The van der Waals surface area contributed by atoms with Crippen molar-refractivity contribution in [3.63, 3.8) is 0 Å². The second kappa shape index (κ2) is 7.16. The van der Waals surface area contributed by atoms with E-state index in [0.717, 1.165) is 21.6 Å². The first-order valence-corrected chi connectivity index (χ1v) is 9.62. The first-order valence-electron chi connectivity index (χ1n) is 8.06. The molecular formula is C19H16F2N2O4S. The molecule has 0 saturated carbocycles. The maximum atomic E-state index is 14.1. The maximum Gasteiger partial charge on any atom is 0.267 e. The van der Waals surface area contributed by atoms with Crippen molar-refractivity contribution in [3.05, 3.63) is 63.9 Å². The van der Waals surface area contributed by atoms with Crippen LogP contribution in [0.2, 0.25) is 0 Å². The molecule has 6 nitrogen and oxygen atoms in total. The average Bonchev–Trinajstić information content (AvgIpc) is 2.65. The molecule has 9 heteroatoms. The van der Waals surface area contributed by atoms with Crippen molar-refractivity contribution < 1.29 is 22.9 Å². The van der Waals surface area contributed by atoms with E-state index < -0.39 is 45.2 Å². The molecule has 0 aliphatic heterocycles. The monoisotopic (exact) mass is 406 g/mol. The summed E-state index contributed by atoms with van der Waals surface area (Å²) in [5.74, 6) is -3.43. The van der Waals surface area contributed by atoms with Crippen molar-refractivity contribution >= 4 is 33.3 Å². The summed E-state index contributed by atoms with van der Waals surface area (Å²) in [5.41, 5.74) is -1.37. The Morgan fingerprint density at radius 3 is 2.50 bits per heavy atom. The summed E-state index contributed by atoms with van der Waals surface area (Å²) in [4.78, 5) is 26.7. The number of aromatic hydroxyl groups is 1. The molecule has 0 fully saturated rings. The quantitative estimate of drug-likeness (QED) is 0.725. The number of fused-ring (bicyclic) bond motifs is 1. The fourth-order valence-electron chi connectivity index (χ4n) is 3.00. The smallest absolute Gasteiger partial charge is 0.267 e. The molecule has 1 atom stereocenters. The molecule has 0 saturated heterocycles. The third-order valence-electron chi connectivity index (χ3n) is 4.46. The van der Waals surface area contributed by atoms with Gasteiger partial charge in [-0.1, -0.05) is 6.07 Å². The fourth-order valence-corrected chi connectivity index (χ4v) is 3.76. The van der Waals surface area contributed by atoms with Crippen molar-refractivity contribution in [3.8, 4) is 5.75 Å². The lowest BCUT2D eigenvalue weighted by molar-refractivity contribution is 0.0988. The van der Waals surface area contributed by atoms with Crippen LogP contribution in [0.1, 0.15) is 10.4 Å². The van der Waals surface area contributed by atoms with Gasteiger partial charge in [-0.2, -0.15) is 0 Å². The third-order valence-corrected chi connectivity index (χ3v) is 5.42. The fraction of sp³-hybridized carbons (Fsp3) is 0.158. The second-order valence-electron chi connectivity index (χ2n) is 6.15. The molecule has 3 rings (SSSR count). The molecule has 1 N–H and O–H groups in total. The van der Waals surface area contributed by atoms with E-state index in [4.69, 9.17) is 0 Å². The summed E-state index contributed by atoms with van der Waals surface area (Å²) in [6.07, 6.45) is 1.40. The molecule has 1 unspecified atom stereocenters. The Bertz CT molecular complexity index is 1210. The number of halogens is 2.